The van der Waals surface area contributed by atoms with Gasteiger partial charge in [-0.25, -0.2) is 0 Å². The minimum Gasteiger partial charge on any atom is -0.342 e. The third kappa shape index (κ3) is 3.29. The maximum Gasteiger partial charge on any atom is 0.283 e. The van der Waals surface area contributed by atoms with Crippen LogP contribution in [0.15, 0.2) is 88.6 Å². The molecule has 0 saturated carbocycles. The Morgan fingerprint density at radius 3 is 2.64 bits per heavy atom. The van der Waals surface area contributed by atoms with E-state index in [2.05, 4.69) is 63.2 Å². The van der Waals surface area contributed by atoms with Gasteiger partial charge < -0.3 is 4.57 Å². The summed E-state index contributed by atoms with van der Waals surface area (Å²) in [6, 6.07) is 22.9. The fourth-order valence-electron chi connectivity index (χ4n) is 4.38. The van der Waals surface area contributed by atoms with Gasteiger partial charge in [0.25, 0.3) is 5.91 Å². The molecule has 0 saturated heterocycles. The number of fused-ring (bicyclic) bond motifs is 3. The van der Waals surface area contributed by atoms with Crippen LogP contribution in [0.3, 0.4) is 0 Å². The number of hydrogen-bond acceptors (Lipinski definition) is 4. The molecule has 0 fully saturated rings. The summed E-state index contributed by atoms with van der Waals surface area (Å²) in [5.41, 5.74) is 3.42. The highest BCUT2D eigenvalue weighted by atomic mass is 32.2. The van der Waals surface area contributed by atoms with E-state index in [0.29, 0.717) is 11.7 Å². The Bertz CT molecular complexity index is 1570. The molecule has 0 bridgehead atoms. The van der Waals surface area contributed by atoms with Gasteiger partial charge in [-0.3, -0.25) is 10.2 Å². The maximum absolute atomic E-state index is 12.7. The number of benzene rings is 3. The van der Waals surface area contributed by atoms with Crippen LogP contribution >= 0.6 is 11.8 Å². The predicted molar refractivity (Wildman–Crippen MR) is 136 cm³/mol. The van der Waals surface area contributed by atoms with Gasteiger partial charge in [0.15, 0.2) is 5.84 Å². The number of aliphatic imine (C=N–C) groups is 1. The molecule has 33 heavy (non-hydrogen) atoms. The predicted octanol–water partition coefficient (Wildman–Crippen LogP) is 5.48. The smallest absolute Gasteiger partial charge is 0.283 e. The molecule has 2 aliphatic heterocycles. The lowest BCUT2D eigenvalue weighted by Gasteiger charge is -2.20. The summed E-state index contributed by atoms with van der Waals surface area (Å²) in [5.74, 6) is -0.352. The van der Waals surface area contributed by atoms with Crippen molar-refractivity contribution in [3.8, 4) is 0 Å². The molecule has 1 aromatic heterocycles. The molecule has 0 aliphatic carbocycles. The zero-order valence-corrected chi connectivity index (χ0v) is 18.6. The minimum atomic E-state index is -0.408. The number of amidine groups is 2. The first-order chi connectivity index (χ1) is 16.1. The van der Waals surface area contributed by atoms with Crippen LogP contribution in [0.25, 0.3) is 27.8 Å². The molecule has 1 N–H and O–H groups in total. The molecule has 6 rings (SSSR count). The van der Waals surface area contributed by atoms with E-state index in [1.165, 1.54) is 33.1 Å². The van der Waals surface area contributed by atoms with Crippen LogP contribution in [-0.4, -0.2) is 31.5 Å². The van der Waals surface area contributed by atoms with Crippen LogP contribution in [0, 0.1) is 5.41 Å². The molecule has 0 atom stereocenters. The molecular formula is C26H19N5OS. The molecule has 0 radical (unpaired) electrons. The van der Waals surface area contributed by atoms with Crippen LogP contribution in [0.2, 0.25) is 0 Å². The van der Waals surface area contributed by atoms with E-state index in [1.54, 1.807) is 6.08 Å². The molecule has 2 aliphatic rings. The van der Waals surface area contributed by atoms with Crippen LogP contribution in [0.4, 0.5) is 0 Å². The third-order valence-electron chi connectivity index (χ3n) is 5.90. The average molecular weight is 450 g/mol. The van der Waals surface area contributed by atoms with E-state index in [-0.39, 0.29) is 11.4 Å². The number of rotatable bonds is 3. The molecule has 6 nitrogen and oxygen atoms in total. The lowest BCUT2D eigenvalue weighted by molar-refractivity contribution is -0.114. The lowest BCUT2D eigenvalue weighted by Crippen LogP contribution is -2.35. The number of hydrazone groups is 1. The van der Waals surface area contributed by atoms with E-state index < -0.39 is 5.91 Å². The van der Waals surface area contributed by atoms with Crippen molar-refractivity contribution in [2.24, 2.45) is 10.1 Å². The summed E-state index contributed by atoms with van der Waals surface area (Å²) >= 11 is 1.31. The van der Waals surface area contributed by atoms with Crippen molar-refractivity contribution in [2.45, 2.75) is 13.5 Å². The van der Waals surface area contributed by atoms with E-state index in [0.717, 1.165) is 21.5 Å². The van der Waals surface area contributed by atoms with Gasteiger partial charge in [-0.15, -0.1) is 0 Å². The SMILES string of the molecule is CC1=NN2C(=N)C(=Cc3cn(Cc4cccc5ccccc45)c4ccccc34)C(=O)N=C2S1. The second-order valence-corrected chi connectivity index (χ2v) is 9.17. The van der Waals surface area contributed by atoms with Gasteiger partial charge in [0.1, 0.15) is 0 Å². The maximum atomic E-state index is 12.7. The molecule has 0 unspecified atom stereocenters. The van der Waals surface area contributed by atoms with Crippen LogP contribution in [0.5, 0.6) is 0 Å². The molecular weight excluding hydrogens is 430 g/mol. The Labute approximate surface area is 194 Å². The van der Waals surface area contributed by atoms with Gasteiger partial charge in [-0.2, -0.15) is 15.1 Å². The van der Waals surface area contributed by atoms with Gasteiger partial charge >= 0.3 is 0 Å². The Kier molecular flexibility index (Phi) is 4.52. The van der Waals surface area contributed by atoms with Crippen molar-refractivity contribution in [1.29, 1.82) is 5.41 Å². The number of carbonyl (C=O) groups is 1. The van der Waals surface area contributed by atoms with Crippen LogP contribution < -0.4 is 0 Å². The first-order valence-electron chi connectivity index (χ1n) is 10.6. The molecule has 7 heteroatoms. The number of hydrogen-bond donors (Lipinski definition) is 1. The molecule has 3 heterocycles. The highest BCUT2D eigenvalue weighted by Crippen LogP contribution is 2.30. The quantitative estimate of drug-likeness (QED) is 0.421. The number of thioether (sulfide) groups is 1. The summed E-state index contributed by atoms with van der Waals surface area (Å²) in [6.45, 7) is 2.54. The topological polar surface area (TPSA) is 73.8 Å². The third-order valence-corrected chi connectivity index (χ3v) is 6.72. The van der Waals surface area contributed by atoms with E-state index in [1.807, 2.05) is 31.3 Å². The zero-order chi connectivity index (χ0) is 22.5. The summed E-state index contributed by atoms with van der Waals surface area (Å²) < 4.78 is 2.20. The zero-order valence-electron chi connectivity index (χ0n) is 17.8. The second kappa shape index (κ2) is 7.56. The summed E-state index contributed by atoms with van der Waals surface area (Å²) in [4.78, 5) is 16.9. The van der Waals surface area contributed by atoms with E-state index in [9.17, 15) is 4.79 Å². The molecule has 4 aromatic rings. The first kappa shape index (κ1) is 19.7. The molecule has 3 aromatic carbocycles. The minimum absolute atomic E-state index is 0.0558. The monoisotopic (exact) mass is 449 g/mol. The average Bonchev–Trinajstić information content (AvgIpc) is 3.37. The molecule has 0 spiro atoms. The summed E-state index contributed by atoms with van der Waals surface area (Å²) in [7, 11) is 0. The number of aromatic nitrogens is 1. The van der Waals surface area contributed by atoms with Crippen LogP contribution in [-0.2, 0) is 11.3 Å². The fraction of sp³-hybridized carbons (Fsp3) is 0.0769. The van der Waals surface area contributed by atoms with Crippen molar-refractivity contribution >= 4 is 61.5 Å². The highest BCUT2D eigenvalue weighted by molar-refractivity contribution is 8.26. The van der Waals surface area contributed by atoms with Gasteiger partial charge in [0.2, 0.25) is 5.17 Å². The highest BCUT2D eigenvalue weighted by Gasteiger charge is 2.34. The number of nitrogens with one attached hydrogen (secondary N) is 1. The van der Waals surface area contributed by atoms with E-state index >= 15 is 0 Å². The van der Waals surface area contributed by atoms with Crippen LogP contribution in [0.1, 0.15) is 18.1 Å². The van der Waals surface area contributed by atoms with Gasteiger partial charge in [0.05, 0.1) is 10.6 Å². The standard InChI is InChI=1S/C26H19N5OS/c1-16-29-31-24(27)22(25(32)28-26(31)33-16)13-19-15-30(23-12-5-4-11-21(19)23)14-18-9-6-8-17-7-2-3-10-20(17)18/h2-13,15,27H,14H2,1H3. The Morgan fingerprint density at radius 1 is 1.00 bits per heavy atom. The van der Waals surface area contributed by atoms with Gasteiger partial charge in [0, 0.05) is 29.2 Å². The van der Waals surface area contributed by atoms with Crippen molar-refractivity contribution < 1.29 is 4.79 Å². The van der Waals surface area contributed by atoms with Crippen molar-refractivity contribution in [2.75, 3.05) is 0 Å². The Balaban J connectivity index is 1.45. The number of amides is 1. The van der Waals surface area contributed by atoms with Crippen molar-refractivity contribution in [3.05, 3.63) is 89.6 Å². The van der Waals surface area contributed by atoms with E-state index in [4.69, 9.17) is 5.41 Å². The second-order valence-electron chi connectivity index (χ2n) is 8.01. The first-order valence-corrected chi connectivity index (χ1v) is 11.4. The van der Waals surface area contributed by atoms with Crippen molar-refractivity contribution in [3.63, 3.8) is 0 Å². The fourth-order valence-corrected chi connectivity index (χ4v) is 5.11. The Morgan fingerprint density at radius 2 is 1.76 bits per heavy atom. The largest absolute Gasteiger partial charge is 0.342 e. The number of nitrogens with zero attached hydrogens (tertiary/aromatic N) is 4. The summed E-state index contributed by atoms with van der Waals surface area (Å²) in [6.07, 6.45) is 3.81. The molecule has 1 amide bonds. The normalized spacial score (nSPS) is 17.1. The summed E-state index contributed by atoms with van der Waals surface area (Å²) in [5, 5.41) is 19.0. The number of para-hydroxylation sites is 1. The van der Waals surface area contributed by atoms with Crippen molar-refractivity contribution in [1.82, 2.24) is 9.58 Å². The van der Waals surface area contributed by atoms with Gasteiger partial charge in [-0.1, -0.05) is 60.7 Å². The van der Waals surface area contributed by atoms with Gasteiger partial charge in [-0.05, 0) is 47.2 Å². The lowest BCUT2D eigenvalue weighted by atomic mass is 10.0. The molecule has 160 valence electrons. The Hall–Kier alpha value is -3.97. The number of carbonyl (C=O) groups excluding carboxylic acids is 1.